The zero-order valence-corrected chi connectivity index (χ0v) is 8.87. The van der Waals surface area contributed by atoms with Crippen LogP contribution < -0.4 is 5.73 Å². The van der Waals surface area contributed by atoms with E-state index >= 15 is 0 Å². The number of hydrogen-bond donors (Lipinski definition) is 1. The molecule has 1 rings (SSSR count). The van der Waals surface area contributed by atoms with Gasteiger partial charge in [-0.1, -0.05) is 0 Å². The Labute approximate surface area is 85.4 Å². The quantitative estimate of drug-likeness (QED) is 0.666. The molecule has 0 aliphatic carbocycles. The summed E-state index contributed by atoms with van der Waals surface area (Å²) in [6.07, 6.45) is 2.59. The number of likely N-dealkylation sites (tertiary alicyclic amines) is 1. The number of esters is 1. The third kappa shape index (κ3) is 4.07. The van der Waals surface area contributed by atoms with E-state index in [2.05, 4.69) is 4.90 Å². The zero-order chi connectivity index (χ0) is 10.4. The molecule has 0 amide bonds. The Hall–Kier alpha value is -0.610. The van der Waals surface area contributed by atoms with E-state index < -0.39 is 0 Å². The van der Waals surface area contributed by atoms with Crippen molar-refractivity contribution in [2.45, 2.75) is 32.2 Å². The van der Waals surface area contributed by atoms with Gasteiger partial charge in [-0.05, 0) is 32.9 Å². The maximum atomic E-state index is 11.1. The summed E-state index contributed by atoms with van der Waals surface area (Å²) >= 11 is 0. The highest BCUT2D eigenvalue weighted by Crippen LogP contribution is 2.08. The van der Waals surface area contributed by atoms with Crippen LogP contribution in [0, 0.1) is 0 Å². The monoisotopic (exact) mass is 200 g/mol. The van der Waals surface area contributed by atoms with Crippen LogP contribution in [0.3, 0.4) is 0 Å². The lowest BCUT2D eigenvalue weighted by atomic mass is 10.1. The molecule has 1 heterocycles. The van der Waals surface area contributed by atoms with E-state index in [4.69, 9.17) is 10.5 Å². The summed E-state index contributed by atoms with van der Waals surface area (Å²) in [5, 5.41) is 0. The maximum Gasteiger partial charge on any atom is 0.307 e. The van der Waals surface area contributed by atoms with Gasteiger partial charge in [-0.15, -0.1) is 0 Å². The molecule has 4 nitrogen and oxygen atoms in total. The third-order valence-corrected chi connectivity index (χ3v) is 2.57. The number of nitrogens with two attached hydrogens (primary N) is 1. The van der Waals surface area contributed by atoms with Crippen molar-refractivity contribution in [2.75, 3.05) is 26.2 Å². The van der Waals surface area contributed by atoms with E-state index in [-0.39, 0.29) is 5.97 Å². The minimum atomic E-state index is -0.0950. The lowest BCUT2D eigenvalue weighted by molar-refractivity contribution is -0.143. The largest absolute Gasteiger partial charge is 0.466 e. The summed E-state index contributed by atoms with van der Waals surface area (Å²) in [4.78, 5) is 13.4. The van der Waals surface area contributed by atoms with Crippen LogP contribution in [0.2, 0.25) is 0 Å². The first-order valence-corrected chi connectivity index (χ1v) is 5.36. The number of nitrogens with zero attached hydrogens (tertiary/aromatic N) is 1. The minimum absolute atomic E-state index is 0.0950. The van der Waals surface area contributed by atoms with Gasteiger partial charge in [0.1, 0.15) is 0 Å². The van der Waals surface area contributed by atoms with E-state index in [0.717, 1.165) is 32.5 Å². The van der Waals surface area contributed by atoms with E-state index in [9.17, 15) is 4.79 Å². The zero-order valence-electron chi connectivity index (χ0n) is 8.87. The number of ether oxygens (including phenoxy) is 1. The van der Waals surface area contributed by atoms with Gasteiger partial charge >= 0.3 is 5.97 Å². The highest BCUT2D eigenvalue weighted by molar-refractivity contribution is 5.69. The second-order valence-electron chi connectivity index (χ2n) is 3.73. The molecule has 14 heavy (non-hydrogen) atoms. The van der Waals surface area contributed by atoms with Gasteiger partial charge in [0.2, 0.25) is 0 Å². The number of rotatable bonds is 4. The summed E-state index contributed by atoms with van der Waals surface area (Å²) in [5.41, 5.74) is 5.78. The second-order valence-corrected chi connectivity index (χ2v) is 3.73. The molecule has 0 atom stereocenters. The molecule has 0 aromatic heterocycles. The Kier molecular flexibility index (Phi) is 4.90. The van der Waals surface area contributed by atoms with Crippen LogP contribution in [-0.4, -0.2) is 43.2 Å². The average molecular weight is 200 g/mol. The van der Waals surface area contributed by atoms with Crippen LogP contribution in [0.5, 0.6) is 0 Å². The molecule has 4 heteroatoms. The molecule has 1 saturated heterocycles. The summed E-state index contributed by atoms with van der Waals surface area (Å²) in [7, 11) is 0. The molecule has 0 spiro atoms. The first-order valence-electron chi connectivity index (χ1n) is 5.36. The first-order chi connectivity index (χ1) is 6.72. The molecule has 0 aromatic rings. The summed E-state index contributed by atoms with van der Waals surface area (Å²) in [6, 6.07) is 0.355. The Balaban J connectivity index is 2.09. The molecule has 1 fully saturated rings. The van der Waals surface area contributed by atoms with Crippen LogP contribution in [-0.2, 0) is 9.53 Å². The molecule has 1 aliphatic rings. The molecule has 0 bridgehead atoms. The lowest BCUT2D eigenvalue weighted by Crippen LogP contribution is -2.40. The van der Waals surface area contributed by atoms with Crippen molar-refractivity contribution in [2.24, 2.45) is 5.73 Å². The van der Waals surface area contributed by atoms with Crippen LogP contribution in [0.4, 0.5) is 0 Å². The second kappa shape index (κ2) is 5.98. The Morgan fingerprint density at radius 2 is 2.14 bits per heavy atom. The predicted molar refractivity (Wildman–Crippen MR) is 54.9 cm³/mol. The Bertz CT molecular complexity index is 177. The smallest absolute Gasteiger partial charge is 0.307 e. The van der Waals surface area contributed by atoms with Crippen molar-refractivity contribution in [3.63, 3.8) is 0 Å². The van der Waals surface area contributed by atoms with Crippen molar-refractivity contribution in [1.82, 2.24) is 4.90 Å². The first kappa shape index (κ1) is 11.5. The number of hydrogen-bond acceptors (Lipinski definition) is 4. The fourth-order valence-electron chi connectivity index (χ4n) is 1.66. The standard InChI is InChI=1S/C10H20N2O2/c1-2-14-10(13)5-8-12-6-3-9(11)4-7-12/h9H,2-8,11H2,1H3. The van der Waals surface area contributed by atoms with Gasteiger partial charge in [-0.3, -0.25) is 4.79 Å². The topological polar surface area (TPSA) is 55.6 Å². The molecule has 0 unspecified atom stereocenters. The fourth-order valence-corrected chi connectivity index (χ4v) is 1.66. The van der Waals surface area contributed by atoms with E-state index in [0.29, 0.717) is 19.1 Å². The molecule has 0 saturated carbocycles. The van der Waals surface area contributed by atoms with E-state index in [1.807, 2.05) is 6.92 Å². The summed E-state index contributed by atoms with van der Waals surface area (Å²) < 4.78 is 4.86. The fraction of sp³-hybridized carbons (Fsp3) is 0.900. The van der Waals surface area contributed by atoms with Gasteiger partial charge < -0.3 is 15.4 Å². The summed E-state index contributed by atoms with van der Waals surface area (Å²) in [6.45, 7) is 5.15. The van der Waals surface area contributed by atoms with Crippen LogP contribution >= 0.6 is 0 Å². The van der Waals surface area contributed by atoms with E-state index in [1.54, 1.807) is 0 Å². The van der Waals surface area contributed by atoms with Gasteiger partial charge in [0.15, 0.2) is 0 Å². The van der Waals surface area contributed by atoms with Crippen LogP contribution in [0.25, 0.3) is 0 Å². The molecular weight excluding hydrogens is 180 g/mol. The average Bonchev–Trinajstić information content (AvgIpc) is 2.17. The highest BCUT2D eigenvalue weighted by Gasteiger charge is 2.16. The number of carbonyl (C=O) groups is 1. The molecule has 1 aliphatic heterocycles. The SMILES string of the molecule is CCOC(=O)CCN1CCC(N)CC1. The molecule has 2 N–H and O–H groups in total. The Morgan fingerprint density at radius 1 is 1.50 bits per heavy atom. The number of piperidine rings is 1. The van der Waals surface area contributed by atoms with Crippen LogP contribution in [0.1, 0.15) is 26.2 Å². The van der Waals surface area contributed by atoms with Crippen molar-refractivity contribution >= 4 is 5.97 Å². The predicted octanol–water partition coefficient (Wildman–Crippen LogP) is 0.363. The van der Waals surface area contributed by atoms with Crippen molar-refractivity contribution < 1.29 is 9.53 Å². The number of carbonyl (C=O) groups excluding carboxylic acids is 1. The maximum absolute atomic E-state index is 11.1. The van der Waals surface area contributed by atoms with Gasteiger partial charge in [0.05, 0.1) is 13.0 Å². The van der Waals surface area contributed by atoms with E-state index in [1.165, 1.54) is 0 Å². The third-order valence-electron chi connectivity index (χ3n) is 2.57. The van der Waals surface area contributed by atoms with Gasteiger partial charge in [-0.25, -0.2) is 0 Å². The molecule has 82 valence electrons. The van der Waals surface area contributed by atoms with Crippen molar-refractivity contribution in [3.05, 3.63) is 0 Å². The molecule has 0 aromatic carbocycles. The minimum Gasteiger partial charge on any atom is -0.466 e. The summed E-state index contributed by atoms with van der Waals surface area (Å²) in [5.74, 6) is -0.0950. The lowest BCUT2D eigenvalue weighted by Gasteiger charge is -2.29. The van der Waals surface area contributed by atoms with Gasteiger partial charge in [-0.2, -0.15) is 0 Å². The van der Waals surface area contributed by atoms with Crippen molar-refractivity contribution in [3.8, 4) is 0 Å². The van der Waals surface area contributed by atoms with Crippen LogP contribution in [0.15, 0.2) is 0 Å². The normalized spacial score (nSPS) is 19.6. The van der Waals surface area contributed by atoms with Crippen molar-refractivity contribution in [1.29, 1.82) is 0 Å². The Morgan fingerprint density at radius 3 is 2.71 bits per heavy atom. The van der Waals surface area contributed by atoms with Gasteiger partial charge in [0, 0.05) is 12.6 Å². The molecular formula is C10H20N2O2. The highest BCUT2D eigenvalue weighted by atomic mass is 16.5. The molecule has 0 radical (unpaired) electrons. The van der Waals surface area contributed by atoms with Gasteiger partial charge in [0.25, 0.3) is 0 Å².